The summed E-state index contributed by atoms with van der Waals surface area (Å²) in [5, 5.41) is 17.8. The number of benzene rings is 1. The van der Waals surface area contributed by atoms with Gasteiger partial charge >= 0.3 is 0 Å². The van der Waals surface area contributed by atoms with E-state index in [2.05, 4.69) is 15.9 Å². The standard InChI is InChI=1S/C9H9BrF2O2/c10-7-3-1-2-6(8(7)14)9(11,12)4-5-13/h1-3,13-14H,4-5H2. The van der Waals surface area contributed by atoms with Crippen molar-refractivity contribution in [2.75, 3.05) is 6.61 Å². The van der Waals surface area contributed by atoms with E-state index < -0.39 is 30.3 Å². The van der Waals surface area contributed by atoms with Crippen LogP contribution in [0.4, 0.5) is 8.78 Å². The molecule has 0 unspecified atom stereocenters. The molecule has 0 aliphatic heterocycles. The van der Waals surface area contributed by atoms with Gasteiger partial charge in [-0.3, -0.25) is 0 Å². The number of phenolic OH excluding ortho intramolecular Hbond substituents is 1. The van der Waals surface area contributed by atoms with Crippen LogP contribution in [0.2, 0.25) is 0 Å². The van der Waals surface area contributed by atoms with Crippen molar-refractivity contribution in [3.63, 3.8) is 0 Å². The number of hydrogen-bond acceptors (Lipinski definition) is 2. The van der Waals surface area contributed by atoms with E-state index in [9.17, 15) is 13.9 Å². The molecule has 0 saturated heterocycles. The maximum atomic E-state index is 13.3. The molecule has 0 amide bonds. The van der Waals surface area contributed by atoms with Gasteiger partial charge in [-0.1, -0.05) is 6.07 Å². The third-order valence-electron chi connectivity index (χ3n) is 1.81. The fraction of sp³-hybridized carbons (Fsp3) is 0.333. The summed E-state index contributed by atoms with van der Waals surface area (Å²) in [6.45, 7) is -0.626. The van der Waals surface area contributed by atoms with Crippen LogP contribution in [0, 0.1) is 0 Å². The molecule has 0 radical (unpaired) electrons. The van der Waals surface area contributed by atoms with Crippen LogP contribution in [0.1, 0.15) is 12.0 Å². The molecule has 0 heterocycles. The third-order valence-corrected chi connectivity index (χ3v) is 2.45. The van der Waals surface area contributed by atoms with Gasteiger partial charge in [-0.2, -0.15) is 0 Å². The van der Waals surface area contributed by atoms with E-state index in [0.717, 1.165) is 6.07 Å². The van der Waals surface area contributed by atoms with Crippen LogP contribution in [-0.2, 0) is 5.92 Å². The first kappa shape index (κ1) is 11.4. The van der Waals surface area contributed by atoms with E-state index in [1.807, 2.05) is 0 Å². The zero-order valence-corrected chi connectivity index (χ0v) is 8.76. The molecule has 2 N–H and O–H groups in total. The number of aliphatic hydroxyl groups is 1. The van der Waals surface area contributed by atoms with Crippen molar-refractivity contribution in [3.8, 4) is 5.75 Å². The minimum Gasteiger partial charge on any atom is -0.506 e. The van der Waals surface area contributed by atoms with Gasteiger partial charge in [0.15, 0.2) is 0 Å². The van der Waals surface area contributed by atoms with Crippen molar-refractivity contribution in [1.82, 2.24) is 0 Å². The molecule has 1 aromatic rings. The van der Waals surface area contributed by atoms with Gasteiger partial charge in [-0.15, -0.1) is 0 Å². The summed E-state index contributed by atoms with van der Waals surface area (Å²) >= 11 is 2.94. The van der Waals surface area contributed by atoms with E-state index >= 15 is 0 Å². The van der Waals surface area contributed by atoms with Gasteiger partial charge in [-0.25, -0.2) is 8.78 Å². The Morgan fingerprint density at radius 2 is 2.00 bits per heavy atom. The third kappa shape index (κ3) is 2.22. The fourth-order valence-corrected chi connectivity index (χ4v) is 1.45. The van der Waals surface area contributed by atoms with Crippen LogP contribution in [-0.4, -0.2) is 16.8 Å². The summed E-state index contributed by atoms with van der Waals surface area (Å²) in [6, 6.07) is 4.01. The van der Waals surface area contributed by atoms with Crippen molar-refractivity contribution >= 4 is 15.9 Å². The highest BCUT2D eigenvalue weighted by Crippen LogP contribution is 2.40. The van der Waals surface area contributed by atoms with Gasteiger partial charge in [-0.05, 0) is 28.1 Å². The van der Waals surface area contributed by atoms with Crippen LogP contribution >= 0.6 is 15.9 Å². The Morgan fingerprint density at radius 3 is 2.57 bits per heavy atom. The second kappa shape index (κ2) is 4.23. The summed E-state index contributed by atoms with van der Waals surface area (Å²) in [6.07, 6.45) is -0.697. The molecule has 0 aliphatic carbocycles. The maximum absolute atomic E-state index is 13.3. The Bertz CT molecular complexity index is 329. The largest absolute Gasteiger partial charge is 0.506 e. The van der Waals surface area contributed by atoms with Crippen molar-refractivity contribution in [2.45, 2.75) is 12.3 Å². The molecular formula is C9H9BrF2O2. The van der Waals surface area contributed by atoms with Crippen molar-refractivity contribution in [3.05, 3.63) is 28.2 Å². The SMILES string of the molecule is OCCC(F)(F)c1cccc(Br)c1O. The number of aromatic hydroxyl groups is 1. The highest BCUT2D eigenvalue weighted by molar-refractivity contribution is 9.10. The van der Waals surface area contributed by atoms with E-state index in [1.54, 1.807) is 0 Å². The molecular weight excluding hydrogens is 258 g/mol. The average molecular weight is 267 g/mol. The summed E-state index contributed by atoms with van der Waals surface area (Å²) in [4.78, 5) is 0. The number of alkyl halides is 2. The lowest BCUT2D eigenvalue weighted by Gasteiger charge is -2.17. The zero-order chi connectivity index (χ0) is 10.8. The minimum atomic E-state index is -3.21. The molecule has 1 aromatic carbocycles. The molecule has 0 aromatic heterocycles. The first-order chi connectivity index (χ1) is 6.49. The van der Waals surface area contributed by atoms with Gasteiger partial charge in [0.2, 0.25) is 0 Å². The highest BCUT2D eigenvalue weighted by atomic mass is 79.9. The first-order valence-electron chi connectivity index (χ1n) is 3.95. The molecule has 2 nitrogen and oxygen atoms in total. The van der Waals surface area contributed by atoms with Crippen molar-refractivity contribution in [2.24, 2.45) is 0 Å². The van der Waals surface area contributed by atoms with E-state index in [4.69, 9.17) is 5.11 Å². The summed E-state index contributed by atoms with van der Waals surface area (Å²) in [5.41, 5.74) is -0.471. The fourth-order valence-electron chi connectivity index (χ4n) is 1.09. The van der Waals surface area contributed by atoms with Crippen LogP contribution < -0.4 is 0 Å². The van der Waals surface area contributed by atoms with Crippen LogP contribution in [0.25, 0.3) is 0 Å². The first-order valence-corrected chi connectivity index (χ1v) is 4.75. The Balaban J connectivity index is 3.12. The Kier molecular flexibility index (Phi) is 3.44. The lowest BCUT2D eigenvalue weighted by atomic mass is 10.1. The number of para-hydroxylation sites is 1. The summed E-state index contributed by atoms with van der Waals surface area (Å²) < 4.78 is 26.7. The van der Waals surface area contributed by atoms with E-state index in [1.165, 1.54) is 12.1 Å². The second-order valence-electron chi connectivity index (χ2n) is 2.81. The zero-order valence-electron chi connectivity index (χ0n) is 7.17. The molecule has 0 spiro atoms. The predicted octanol–water partition coefficient (Wildman–Crippen LogP) is 2.63. The highest BCUT2D eigenvalue weighted by Gasteiger charge is 2.34. The predicted molar refractivity (Wildman–Crippen MR) is 51.4 cm³/mol. The van der Waals surface area contributed by atoms with Gasteiger partial charge in [0, 0.05) is 13.0 Å². The molecule has 0 aliphatic rings. The van der Waals surface area contributed by atoms with Crippen LogP contribution in [0.3, 0.4) is 0 Å². The number of phenols is 1. The van der Waals surface area contributed by atoms with E-state index in [0.29, 0.717) is 0 Å². The van der Waals surface area contributed by atoms with Gasteiger partial charge in [0.05, 0.1) is 10.0 Å². The number of halogens is 3. The number of hydrogen-bond donors (Lipinski definition) is 2. The second-order valence-corrected chi connectivity index (χ2v) is 3.67. The monoisotopic (exact) mass is 266 g/mol. The molecule has 0 atom stereocenters. The molecule has 14 heavy (non-hydrogen) atoms. The Labute approximate surface area is 88.3 Å². The number of aliphatic hydroxyl groups excluding tert-OH is 1. The van der Waals surface area contributed by atoms with Crippen LogP contribution in [0.5, 0.6) is 5.75 Å². The molecule has 0 bridgehead atoms. The molecule has 0 saturated carbocycles. The lowest BCUT2D eigenvalue weighted by Crippen LogP contribution is -2.15. The topological polar surface area (TPSA) is 40.5 Å². The molecule has 1 rings (SSSR count). The Hall–Kier alpha value is -0.680. The Morgan fingerprint density at radius 1 is 1.36 bits per heavy atom. The smallest absolute Gasteiger partial charge is 0.279 e. The van der Waals surface area contributed by atoms with Gasteiger partial charge < -0.3 is 10.2 Å². The summed E-state index contributed by atoms with van der Waals surface area (Å²) in [5.74, 6) is -3.69. The molecule has 78 valence electrons. The number of rotatable bonds is 3. The quantitative estimate of drug-likeness (QED) is 0.883. The lowest BCUT2D eigenvalue weighted by molar-refractivity contribution is -0.0287. The molecule has 0 fully saturated rings. The normalized spacial score (nSPS) is 11.7. The van der Waals surface area contributed by atoms with E-state index in [-0.39, 0.29) is 4.47 Å². The maximum Gasteiger partial charge on any atom is 0.279 e. The van der Waals surface area contributed by atoms with Gasteiger partial charge in [0.1, 0.15) is 5.75 Å². The van der Waals surface area contributed by atoms with Crippen molar-refractivity contribution in [1.29, 1.82) is 0 Å². The minimum absolute atomic E-state index is 0.215. The average Bonchev–Trinajstić information content (AvgIpc) is 2.09. The molecule has 5 heteroatoms. The van der Waals surface area contributed by atoms with Crippen molar-refractivity contribution < 1.29 is 19.0 Å². The van der Waals surface area contributed by atoms with Gasteiger partial charge in [0.25, 0.3) is 5.92 Å². The van der Waals surface area contributed by atoms with Crippen LogP contribution in [0.15, 0.2) is 22.7 Å². The summed E-state index contributed by atoms with van der Waals surface area (Å²) in [7, 11) is 0.